The average Bonchev–Trinajstić information content (AvgIpc) is 3.92. The third-order valence-electron chi connectivity index (χ3n) is 15.9. The number of aliphatic hydroxyl groups is 2. The number of aromatic nitrogens is 1. The second-order valence-corrected chi connectivity index (χ2v) is 19.4. The smallest absolute Gasteiger partial charge is 0.344 e. The van der Waals surface area contributed by atoms with Crippen LogP contribution in [-0.4, -0.2) is 140 Å². The molecular formula is C47H60N4O9S. The van der Waals surface area contributed by atoms with Gasteiger partial charge in [-0.1, -0.05) is 26.0 Å². The molecule has 328 valence electrons. The number of nitrogens with zero attached hydrogens (tertiary/aromatic N) is 3. The number of aromatic amines is 1. The summed E-state index contributed by atoms with van der Waals surface area (Å²) in [5.41, 5.74) is -1.65. The van der Waals surface area contributed by atoms with Crippen molar-refractivity contribution >= 4 is 46.3 Å². The summed E-state index contributed by atoms with van der Waals surface area (Å²) in [4.78, 5) is 54.5. The van der Waals surface area contributed by atoms with Crippen LogP contribution in [0.1, 0.15) is 75.3 Å². The van der Waals surface area contributed by atoms with E-state index in [9.17, 15) is 19.8 Å². The van der Waals surface area contributed by atoms with Crippen LogP contribution in [0.25, 0.3) is 10.9 Å². The van der Waals surface area contributed by atoms with Gasteiger partial charge in [0.15, 0.2) is 6.10 Å². The predicted molar refractivity (Wildman–Crippen MR) is 232 cm³/mol. The molecule has 2 unspecified atom stereocenters. The van der Waals surface area contributed by atoms with Gasteiger partial charge in [0.2, 0.25) is 5.60 Å². The van der Waals surface area contributed by atoms with Crippen molar-refractivity contribution in [1.82, 2.24) is 14.8 Å². The van der Waals surface area contributed by atoms with Crippen LogP contribution in [0.15, 0.2) is 47.4 Å². The predicted octanol–water partition coefficient (Wildman–Crippen LogP) is 4.71. The zero-order valence-corrected chi connectivity index (χ0v) is 37.4. The molecule has 1 spiro atoms. The molecule has 61 heavy (non-hydrogen) atoms. The molecule has 9 rings (SSSR count). The number of ether oxygens (including phenoxy) is 4. The van der Waals surface area contributed by atoms with E-state index in [4.69, 9.17) is 18.9 Å². The molecule has 0 radical (unpaired) electrons. The molecule has 0 amide bonds. The summed E-state index contributed by atoms with van der Waals surface area (Å²) < 4.78 is 24.0. The van der Waals surface area contributed by atoms with Crippen LogP contribution in [0.5, 0.6) is 5.75 Å². The van der Waals surface area contributed by atoms with Gasteiger partial charge in [0.25, 0.3) is 0 Å². The minimum Gasteiger partial charge on any atom is -0.496 e. The van der Waals surface area contributed by atoms with Gasteiger partial charge in [0.05, 0.1) is 33.0 Å². The third kappa shape index (κ3) is 5.63. The summed E-state index contributed by atoms with van der Waals surface area (Å²) in [7, 11) is 6.17. The van der Waals surface area contributed by atoms with Gasteiger partial charge in [-0.15, -0.1) is 11.8 Å². The SMILES string of the molecule is CC[C@]1(O)C[C@H]2CN(CCc3c([nH]c4ccc(SC)cc34)[C@@](C(=O)OC)(c3cc4c(cc3OC)N(C)C3[C@]45CCN4CC=C[C@@](CC)([C@@H](OC(C)=O)[C@]3(O)C(=O)OC)[C@H]45)C2)C1. The Morgan fingerprint density at radius 3 is 2.41 bits per heavy atom. The van der Waals surface area contributed by atoms with E-state index in [-0.39, 0.29) is 12.0 Å². The van der Waals surface area contributed by atoms with Crippen molar-refractivity contribution in [2.45, 2.75) is 104 Å². The highest BCUT2D eigenvalue weighted by atomic mass is 32.2. The minimum absolute atomic E-state index is 0.106. The number of thioether (sulfide) groups is 1. The number of piperidine rings is 1. The number of H-pyrrole nitrogens is 1. The van der Waals surface area contributed by atoms with E-state index in [1.807, 2.05) is 31.9 Å². The maximum atomic E-state index is 15.4. The highest BCUT2D eigenvalue weighted by molar-refractivity contribution is 7.98. The number of fused-ring (bicyclic) bond motifs is 6. The Hall–Kier alpha value is -4.08. The summed E-state index contributed by atoms with van der Waals surface area (Å²) in [5, 5.41) is 26.5. The number of anilines is 1. The molecular weight excluding hydrogens is 797 g/mol. The molecule has 2 bridgehead atoms. The number of esters is 3. The number of nitrogens with one attached hydrogen (secondary N) is 1. The Kier molecular flexibility index (Phi) is 10.2. The fraction of sp³-hybridized carbons (Fsp3) is 0.596. The zero-order chi connectivity index (χ0) is 43.4. The number of likely N-dealkylation sites (N-methyl/N-ethyl adjacent to an activating group) is 1. The lowest BCUT2D eigenvalue weighted by Crippen LogP contribution is -2.81. The summed E-state index contributed by atoms with van der Waals surface area (Å²) in [6, 6.07) is 9.19. The largest absolute Gasteiger partial charge is 0.496 e. The van der Waals surface area contributed by atoms with Crippen LogP contribution in [0.4, 0.5) is 5.69 Å². The van der Waals surface area contributed by atoms with Gasteiger partial charge in [-0.25, -0.2) is 4.79 Å². The van der Waals surface area contributed by atoms with Crippen molar-refractivity contribution < 1.29 is 43.5 Å². The molecule has 6 heterocycles. The molecule has 1 aliphatic carbocycles. The van der Waals surface area contributed by atoms with Crippen LogP contribution < -0.4 is 9.64 Å². The van der Waals surface area contributed by atoms with Crippen LogP contribution in [0.2, 0.25) is 0 Å². The average molecular weight is 857 g/mol. The Bertz CT molecular complexity index is 2330. The van der Waals surface area contributed by atoms with E-state index in [0.717, 1.165) is 38.3 Å². The number of hydrogen-bond donors (Lipinski definition) is 3. The molecule has 1 saturated carbocycles. The fourth-order valence-electron chi connectivity index (χ4n) is 13.7. The van der Waals surface area contributed by atoms with Crippen molar-refractivity contribution in [2.75, 3.05) is 72.3 Å². The van der Waals surface area contributed by atoms with Gasteiger partial charge < -0.3 is 39.0 Å². The fourth-order valence-corrected chi connectivity index (χ4v) is 14.1. The molecule has 14 heteroatoms. The van der Waals surface area contributed by atoms with E-state index in [2.05, 4.69) is 57.5 Å². The number of hydrogen-bond acceptors (Lipinski definition) is 13. The highest BCUT2D eigenvalue weighted by Crippen LogP contribution is 2.68. The molecule has 13 nitrogen and oxygen atoms in total. The van der Waals surface area contributed by atoms with Gasteiger partial charge in [0.1, 0.15) is 11.2 Å². The van der Waals surface area contributed by atoms with Gasteiger partial charge in [0, 0.05) is 95.8 Å². The lowest BCUT2D eigenvalue weighted by Gasteiger charge is -2.63. The van der Waals surface area contributed by atoms with Crippen molar-refractivity contribution in [1.29, 1.82) is 0 Å². The van der Waals surface area contributed by atoms with Crippen molar-refractivity contribution in [2.24, 2.45) is 11.3 Å². The summed E-state index contributed by atoms with van der Waals surface area (Å²) in [6.07, 6.45) is 7.98. The standard InChI is InChI=1S/C47H60N4O9S/c1-9-43(55)23-28-24-46(41(53)58-6,37-30(14-18-50(25-28)26-43)31-20-29(61-8)12-13-34(31)48-37)33-21-32-35(22-36(33)57-5)49(4)39-45(32)16-19-51-17-11-15-44(10-2,38(45)51)40(60-27(3)52)47(39,56)42(54)59-7/h11-13,15,20-22,28,38-40,48,55-56H,9-10,14,16-19,23-26H2,1-8H3/t28-,38+,39?,40-,43+,44-,45-,46+,47+/m1/s1. The second-order valence-electron chi connectivity index (χ2n) is 18.6. The Morgan fingerprint density at radius 1 is 0.967 bits per heavy atom. The quantitative estimate of drug-likeness (QED) is 0.124. The lowest BCUT2D eigenvalue weighted by molar-refractivity contribution is -0.228. The molecule has 6 aliphatic rings. The first kappa shape index (κ1) is 42.2. The topological polar surface area (TPSA) is 154 Å². The van der Waals surface area contributed by atoms with Crippen LogP contribution in [-0.2, 0) is 45.8 Å². The van der Waals surface area contributed by atoms with Crippen LogP contribution >= 0.6 is 11.8 Å². The summed E-state index contributed by atoms with van der Waals surface area (Å²) in [5.74, 6) is -1.57. The number of methoxy groups -OCH3 is 3. The first-order valence-corrected chi connectivity index (χ1v) is 23.0. The lowest BCUT2D eigenvalue weighted by atomic mass is 9.47. The van der Waals surface area contributed by atoms with E-state index >= 15 is 4.79 Å². The van der Waals surface area contributed by atoms with Crippen molar-refractivity contribution in [3.05, 3.63) is 64.9 Å². The van der Waals surface area contributed by atoms with E-state index in [1.54, 1.807) is 18.9 Å². The summed E-state index contributed by atoms with van der Waals surface area (Å²) in [6.45, 7) is 8.62. The highest BCUT2D eigenvalue weighted by Gasteiger charge is 2.80. The first-order valence-electron chi connectivity index (χ1n) is 21.7. The number of carbonyl (C=O) groups is 3. The monoisotopic (exact) mass is 856 g/mol. The zero-order valence-electron chi connectivity index (χ0n) is 36.6. The van der Waals surface area contributed by atoms with Gasteiger partial charge in [-0.3, -0.25) is 19.4 Å². The molecule has 2 aromatic carbocycles. The van der Waals surface area contributed by atoms with E-state index in [0.29, 0.717) is 82.6 Å². The third-order valence-corrected chi connectivity index (χ3v) is 16.6. The number of benzene rings is 2. The van der Waals surface area contributed by atoms with E-state index < -0.39 is 57.5 Å². The van der Waals surface area contributed by atoms with Gasteiger partial charge >= 0.3 is 17.9 Å². The Balaban J connectivity index is 1.37. The van der Waals surface area contributed by atoms with E-state index in [1.165, 1.54) is 21.1 Å². The van der Waals surface area contributed by atoms with Gasteiger partial charge in [-0.2, -0.15) is 0 Å². The second kappa shape index (κ2) is 14.8. The number of carbonyl (C=O) groups excluding carboxylic acids is 3. The summed E-state index contributed by atoms with van der Waals surface area (Å²) >= 11 is 1.67. The first-order chi connectivity index (χ1) is 29.2. The molecule has 3 aromatic rings. The maximum Gasteiger partial charge on any atom is 0.344 e. The molecule has 5 aliphatic heterocycles. The van der Waals surface area contributed by atoms with Crippen LogP contribution in [0.3, 0.4) is 0 Å². The Morgan fingerprint density at radius 2 is 1.74 bits per heavy atom. The number of rotatable bonds is 8. The minimum atomic E-state index is -2.31. The van der Waals surface area contributed by atoms with Gasteiger partial charge in [-0.05, 0) is 92.6 Å². The molecule has 2 saturated heterocycles. The molecule has 10 atom stereocenters. The Labute approximate surface area is 362 Å². The van der Waals surface area contributed by atoms with Crippen LogP contribution in [0, 0.1) is 11.3 Å². The molecule has 3 fully saturated rings. The molecule has 3 N–H and O–H groups in total. The normalized spacial score (nSPS) is 36.2. The van der Waals surface area contributed by atoms with Crippen molar-refractivity contribution in [3.63, 3.8) is 0 Å². The molecule has 1 aromatic heterocycles. The van der Waals surface area contributed by atoms with Crippen molar-refractivity contribution in [3.8, 4) is 5.75 Å². The maximum absolute atomic E-state index is 15.4.